The minimum absolute atomic E-state index is 0.183. The molecule has 1 aromatic carbocycles. The van der Waals surface area contributed by atoms with Crippen molar-refractivity contribution in [2.45, 2.75) is 31.6 Å². The van der Waals surface area contributed by atoms with Crippen molar-refractivity contribution >= 4 is 17.6 Å². The second-order valence-corrected chi connectivity index (χ2v) is 4.90. The number of fused-ring (bicyclic) bond motifs is 1. The van der Waals surface area contributed by atoms with E-state index in [1.54, 1.807) is 12.1 Å². The largest absolute Gasteiger partial charge is 0.480 e. The van der Waals surface area contributed by atoms with Crippen LogP contribution >= 0.6 is 0 Å². The highest BCUT2D eigenvalue weighted by molar-refractivity contribution is 5.88. The maximum absolute atomic E-state index is 12.7. The summed E-state index contributed by atoms with van der Waals surface area (Å²) >= 11 is 0. The number of nitrogen functional groups attached to an aromatic ring is 1. The summed E-state index contributed by atoms with van der Waals surface area (Å²) in [5, 5.41) is 9.14. The summed E-state index contributed by atoms with van der Waals surface area (Å²) in [4.78, 5) is 23.1. The zero-order chi connectivity index (χ0) is 15.9. The van der Waals surface area contributed by atoms with E-state index >= 15 is 0 Å². The van der Waals surface area contributed by atoms with Gasteiger partial charge in [0.2, 0.25) is 0 Å². The van der Waals surface area contributed by atoms with Crippen LogP contribution in [0.5, 0.6) is 0 Å². The molecule has 0 aromatic heterocycles. The topological polar surface area (TPSA) is 83.6 Å². The van der Waals surface area contributed by atoms with Crippen LogP contribution in [0.25, 0.3) is 0 Å². The van der Waals surface area contributed by atoms with Gasteiger partial charge in [-0.2, -0.15) is 13.2 Å². The zero-order valence-electron chi connectivity index (χ0n) is 11.0. The number of anilines is 1. The third-order valence-electron chi connectivity index (χ3n) is 3.55. The molecule has 0 saturated heterocycles. The summed E-state index contributed by atoms with van der Waals surface area (Å²) in [6.45, 7) is 1.36. The first kappa shape index (κ1) is 15.1. The normalized spacial score (nSPS) is 21.8. The molecule has 0 radical (unpaired) electrons. The lowest BCUT2D eigenvalue weighted by molar-refractivity contribution is -0.193. The number of benzene rings is 1. The number of carboxylic acids is 1. The highest BCUT2D eigenvalue weighted by Gasteiger charge is 2.50. The molecule has 0 spiro atoms. The lowest BCUT2D eigenvalue weighted by Crippen LogP contribution is -2.54. The average molecular weight is 302 g/mol. The molecular weight excluding hydrogens is 289 g/mol. The highest BCUT2D eigenvalue weighted by Crippen LogP contribution is 2.36. The maximum Gasteiger partial charge on any atom is 0.471 e. The van der Waals surface area contributed by atoms with E-state index in [4.69, 9.17) is 10.8 Å². The predicted octanol–water partition coefficient (Wildman–Crippen LogP) is 1.73. The number of hydrogen-bond donors (Lipinski definition) is 2. The minimum Gasteiger partial charge on any atom is -0.480 e. The Kier molecular flexibility index (Phi) is 3.56. The Bertz CT molecular complexity index is 601. The average Bonchev–Trinajstić information content (AvgIpc) is 2.37. The molecular formula is C13H13F3N2O3. The van der Waals surface area contributed by atoms with E-state index in [2.05, 4.69) is 0 Å². The van der Waals surface area contributed by atoms with E-state index < -0.39 is 30.1 Å². The van der Waals surface area contributed by atoms with E-state index in [1.807, 2.05) is 0 Å². The van der Waals surface area contributed by atoms with Crippen LogP contribution < -0.4 is 5.73 Å². The number of carboxylic acid groups (broad SMARTS) is 1. The van der Waals surface area contributed by atoms with Gasteiger partial charge in [-0.3, -0.25) is 4.79 Å². The highest BCUT2D eigenvalue weighted by atomic mass is 19.4. The first-order valence-electron chi connectivity index (χ1n) is 6.13. The van der Waals surface area contributed by atoms with Gasteiger partial charge in [-0.15, -0.1) is 0 Å². The molecule has 114 valence electrons. The van der Waals surface area contributed by atoms with Gasteiger partial charge in [0.1, 0.15) is 6.04 Å². The van der Waals surface area contributed by atoms with Gasteiger partial charge in [0.15, 0.2) is 0 Å². The minimum atomic E-state index is -5.13. The smallest absolute Gasteiger partial charge is 0.471 e. The molecule has 1 aliphatic heterocycles. The second kappa shape index (κ2) is 4.94. The van der Waals surface area contributed by atoms with Gasteiger partial charge < -0.3 is 15.7 Å². The van der Waals surface area contributed by atoms with E-state index in [0.29, 0.717) is 21.7 Å². The van der Waals surface area contributed by atoms with E-state index in [-0.39, 0.29) is 6.42 Å². The summed E-state index contributed by atoms with van der Waals surface area (Å²) in [7, 11) is 0. The third kappa shape index (κ3) is 2.65. The third-order valence-corrected chi connectivity index (χ3v) is 3.55. The first-order chi connectivity index (χ1) is 9.62. The van der Waals surface area contributed by atoms with E-state index in [0.717, 1.165) is 0 Å². The lowest BCUT2D eigenvalue weighted by Gasteiger charge is -2.40. The first-order valence-corrected chi connectivity index (χ1v) is 6.13. The molecule has 2 rings (SSSR count). The van der Waals surface area contributed by atoms with Crippen LogP contribution in [0, 0.1) is 0 Å². The lowest BCUT2D eigenvalue weighted by atomic mass is 9.88. The Labute approximate surface area is 118 Å². The SMILES string of the molecule is C[C@H]1c2cc(N)ccc2CC(C(=O)O)N1C(=O)C(F)(F)F. The van der Waals surface area contributed by atoms with Crippen molar-refractivity contribution < 1.29 is 27.9 Å². The molecule has 0 fully saturated rings. The van der Waals surface area contributed by atoms with Crippen molar-refractivity contribution in [1.29, 1.82) is 0 Å². The Morgan fingerprint density at radius 3 is 2.52 bits per heavy atom. The fourth-order valence-electron chi connectivity index (χ4n) is 2.58. The number of alkyl halides is 3. The van der Waals surface area contributed by atoms with Gasteiger partial charge in [-0.25, -0.2) is 4.79 Å². The molecule has 8 heteroatoms. The van der Waals surface area contributed by atoms with Crippen molar-refractivity contribution in [2.75, 3.05) is 5.73 Å². The molecule has 1 aromatic rings. The van der Waals surface area contributed by atoms with Crippen LogP contribution in [0.4, 0.5) is 18.9 Å². The number of carbonyl (C=O) groups excluding carboxylic acids is 1. The van der Waals surface area contributed by atoms with Gasteiger partial charge in [0.05, 0.1) is 6.04 Å². The molecule has 2 atom stereocenters. The van der Waals surface area contributed by atoms with Crippen molar-refractivity contribution in [3.8, 4) is 0 Å². The summed E-state index contributed by atoms with van der Waals surface area (Å²) in [5.41, 5.74) is 6.96. The maximum atomic E-state index is 12.7. The summed E-state index contributed by atoms with van der Waals surface area (Å²) < 4.78 is 38.1. The Morgan fingerprint density at radius 1 is 1.38 bits per heavy atom. The summed E-state index contributed by atoms with van der Waals surface area (Å²) in [6.07, 6.45) is -5.31. The molecule has 0 saturated carbocycles. The summed E-state index contributed by atoms with van der Waals surface area (Å²) in [5.74, 6) is -3.63. The number of nitrogens with two attached hydrogens (primary N) is 1. The number of carbonyl (C=O) groups is 2. The number of rotatable bonds is 1. The van der Waals surface area contributed by atoms with Crippen LogP contribution in [0.15, 0.2) is 18.2 Å². The van der Waals surface area contributed by atoms with Crippen molar-refractivity contribution in [1.82, 2.24) is 4.90 Å². The van der Waals surface area contributed by atoms with Crippen molar-refractivity contribution in [3.63, 3.8) is 0 Å². The fraction of sp³-hybridized carbons (Fsp3) is 0.385. The van der Waals surface area contributed by atoms with E-state index in [1.165, 1.54) is 13.0 Å². The zero-order valence-corrected chi connectivity index (χ0v) is 11.0. The van der Waals surface area contributed by atoms with E-state index in [9.17, 15) is 22.8 Å². The quantitative estimate of drug-likeness (QED) is 0.774. The van der Waals surface area contributed by atoms with Gasteiger partial charge in [-0.1, -0.05) is 6.07 Å². The molecule has 0 aliphatic carbocycles. The molecule has 3 N–H and O–H groups in total. The van der Waals surface area contributed by atoms with Crippen LogP contribution in [-0.4, -0.2) is 34.1 Å². The van der Waals surface area contributed by atoms with Gasteiger partial charge >= 0.3 is 18.1 Å². The number of aliphatic carboxylic acids is 1. The van der Waals surface area contributed by atoms with Crippen LogP contribution in [-0.2, 0) is 16.0 Å². The van der Waals surface area contributed by atoms with Crippen molar-refractivity contribution in [3.05, 3.63) is 29.3 Å². The van der Waals surface area contributed by atoms with Crippen LogP contribution in [0.2, 0.25) is 0 Å². The van der Waals surface area contributed by atoms with Gasteiger partial charge in [0.25, 0.3) is 0 Å². The molecule has 21 heavy (non-hydrogen) atoms. The second-order valence-electron chi connectivity index (χ2n) is 4.90. The number of halogens is 3. The molecule has 1 unspecified atom stereocenters. The van der Waals surface area contributed by atoms with Gasteiger partial charge in [-0.05, 0) is 30.2 Å². The molecule has 1 heterocycles. The molecule has 1 aliphatic rings. The Morgan fingerprint density at radius 2 is 2.00 bits per heavy atom. The molecule has 1 amide bonds. The Balaban J connectivity index is 2.52. The number of nitrogens with zero attached hydrogens (tertiary/aromatic N) is 1. The Hall–Kier alpha value is -2.25. The van der Waals surface area contributed by atoms with Crippen LogP contribution in [0.3, 0.4) is 0 Å². The monoisotopic (exact) mass is 302 g/mol. The number of amides is 1. The standard InChI is InChI=1S/C13H13F3N2O3/c1-6-9-5-8(17)3-2-7(9)4-10(11(19)20)18(6)12(21)13(14,15)16/h2-3,5-6,10H,4,17H2,1H3,(H,19,20)/t6-,10?/m0/s1. The predicted molar refractivity (Wildman–Crippen MR) is 67.3 cm³/mol. The molecule has 5 nitrogen and oxygen atoms in total. The fourth-order valence-corrected chi connectivity index (χ4v) is 2.58. The van der Waals surface area contributed by atoms with Crippen molar-refractivity contribution in [2.24, 2.45) is 0 Å². The molecule has 0 bridgehead atoms. The number of hydrogen-bond acceptors (Lipinski definition) is 3. The van der Waals surface area contributed by atoms with Gasteiger partial charge in [0, 0.05) is 12.1 Å². The van der Waals surface area contributed by atoms with Crippen LogP contribution in [0.1, 0.15) is 24.1 Å². The summed E-state index contributed by atoms with van der Waals surface area (Å²) in [6, 6.07) is 2.02.